The van der Waals surface area contributed by atoms with Gasteiger partial charge in [-0.2, -0.15) is 0 Å². The zero-order valence-electron chi connectivity index (χ0n) is 114. The first-order valence-electron chi connectivity index (χ1n) is 60.4. The summed E-state index contributed by atoms with van der Waals surface area (Å²) in [6, 6.07) is 70.2. The Kier molecular flexibility index (Phi) is 22.5. The van der Waals surface area contributed by atoms with Gasteiger partial charge in [-0.1, -0.05) is 266 Å². The third-order valence-corrected chi connectivity index (χ3v) is 26.8. The molecule has 18 heteroatoms. The largest absolute Gasteiger partial charge is 0.486 e. The Morgan fingerprint density at radius 1 is 0.368 bits per heavy atom. The van der Waals surface area contributed by atoms with Crippen molar-refractivity contribution in [2.75, 3.05) is 0 Å². The molecule has 12 heterocycles. The zero-order valence-corrected chi connectivity index (χ0v) is 89.8. The Morgan fingerprint density at radius 3 is 1.12 bits per heavy atom. The third-order valence-electron chi connectivity index (χ3n) is 20.8. The molecule has 0 amide bonds. The van der Waals surface area contributed by atoms with Crippen LogP contribution in [0.3, 0.4) is 0 Å². The minimum Gasteiger partial charge on any atom is -0.486 e. The second kappa shape index (κ2) is 44.6. The van der Waals surface area contributed by atoms with Crippen LogP contribution in [-0.2, 0) is 84.8 Å². The number of pyridine rings is 9. The maximum atomic E-state index is 8.75. The predicted molar refractivity (Wildman–Crippen MR) is 566 cm³/mol. The van der Waals surface area contributed by atoms with Crippen LogP contribution < -0.4 is 15.6 Å². The van der Waals surface area contributed by atoms with E-state index in [1.54, 1.807) is 18.3 Å². The van der Waals surface area contributed by atoms with Crippen LogP contribution in [0.25, 0.3) is 134 Å². The number of benzene rings is 6. The van der Waals surface area contributed by atoms with E-state index < -0.39 is 138 Å². The summed E-state index contributed by atoms with van der Waals surface area (Å²) in [7, 11) is -5.11. The minimum atomic E-state index is -3.51. The van der Waals surface area contributed by atoms with Gasteiger partial charge in [-0.3, -0.25) is 0 Å². The van der Waals surface area contributed by atoms with Crippen molar-refractivity contribution in [2.24, 2.45) is 16.2 Å². The summed E-state index contributed by atoms with van der Waals surface area (Å²) in [5.74, 6) is -0.754. The molecule has 136 heavy (non-hydrogen) atoms. The summed E-state index contributed by atoms with van der Waals surface area (Å²) in [5.41, 5.74) is 4.35. The van der Waals surface area contributed by atoms with Crippen molar-refractivity contribution in [3.05, 3.63) is 323 Å². The number of aromatic nitrogens is 9. The van der Waals surface area contributed by atoms with Crippen LogP contribution in [0, 0.1) is 93.8 Å². The van der Waals surface area contributed by atoms with E-state index in [0.717, 1.165) is 107 Å². The third kappa shape index (κ3) is 27.4. The molecule has 18 rings (SSSR count). The molecule has 0 aliphatic rings. The SMILES string of the molecule is [2H]C([2H])([2H])c1ccc2c(n1)oc1c(-c3cc(C(C([2H])([2H])[2H])(C([2H])([2H])[2H])C([2H])([2H])[2H])ccn3)[c-]cc(C([2H])([2H])[2H])c12.[2H]C([2H])([2H])c1ccc2c(n1)oc1c(-c3cc(C([2H])(C)C)ccn3)[c-]ccc12.[2H]C([2H])([2H])c1ccnc(-c2[c-]cc(C([2H])([2H])[2H])c3c2oc2nc(C([2H])([2H])[2H])ccc23)c1.[2H]C([2H])(c1cc(-c2[c-]cccc2)ncc1[Si](C)(C)C)C(C)(C)C.[2H]C([2H])(c1cc(-c2[c-]cccc2)ncc1[Si](C)(C)C)C(C)(C)C.[2H]C([2H])(c1cc(-c2[c-]cccc2)ncc1[Si](C)(C)C)C(C)(C)C.[Ir].[Ir].[Ir]. The van der Waals surface area contributed by atoms with Crippen LogP contribution >= 0.6 is 0 Å². The molecule has 12 nitrogen and oxygen atoms in total. The average molecular weight is 2420 g/mol. The van der Waals surface area contributed by atoms with Gasteiger partial charge >= 0.3 is 0 Å². The van der Waals surface area contributed by atoms with E-state index in [-0.39, 0.29) is 161 Å². The van der Waals surface area contributed by atoms with E-state index >= 15 is 0 Å². The van der Waals surface area contributed by atoms with Crippen LogP contribution in [0.4, 0.5) is 0 Å². The molecule has 0 saturated heterocycles. The summed E-state index contributed by atoms with van der Waals surface area (Å²) in [4.78, 5) is 38.9. The summed E-state index contributed by atoms with van der Waals surface area (Å²) in [6.07, 6.45) is 5.44. The van der Waals surface area contributed by atoms with E-state index in [1.165, 1.54) is 54.7 Å². The Morgan fingerprint density at radius 2 is 0.750 bits per heavy atom. The Hall–Kier alpha value is -10.3. The van der Waals surface area contributed by atoms with Gasteiger partial charge in [-0.05, 0) is 184 Å². The van der Waals surface area contributed by atoms with Crippen molar-refractivity contribution >= 4 is 106 Å². The molecule has 0 aliphatic heterocycles. The van der Waals surface area contributed by atoms with E-state index in [4.69, 9.17) is 59.9 Å². The fourth-order valence-electron chi connectivity index (χ4n) is 14.6. The molecule has 0 aliphatic carbocycles. The van der Waals surface area contributed by atoms with Crippen LogP contribution in [0.5, 0.6) is 0 Å². The fraction of sp³-hybridized carbons (Fsp3) is 0.314. The maximum Gasteiger partial charge on any atom is 0.216 e. The fourth-order valence-corrected chi connectivity index (χ4v) is 18.8. The second-order valence-electron chi connectivity index (χ2n) is 38.7. The molecule has 0 N–H and O–H groups in total. The first-order chi connectivity index (χ1) is 76.3. The van der Waals surface area contributed by atoms with Crippen molar-refractivity contribution in [1.29, 1.82) is 0 Å². The average Bonchev–Trinajstić information content (AvgIpc) is 0.993. The van der Waals surface area contributed by atoms with Crippen molar-refractivity contribution in [3.63, 3.8) is 0 Å². The van der Waals surface area contributed by atoms with Gasteiger partial charge in [0.25, 0.3) is 0 Å². The molecule has 18 aromatic rings. The molecular weight excluding hydrogens is 2250 g/mol. The molecule has 12 aromatic heterocycles. The van der Waals surface area contributed by atoms with Crippen molar-refractivity contribution in [3.8, 4) is 67.5 Å². The zero-order chi connectivity index (χ0) is 125. The van der Waals surface area contributed by atoms with Crippen LogP contribution in [-0.4, -0.2) is 69.1 Å². The van der Waals surface area contributed by atoms with Gasteiger partial charge in [-0.25, -0.2) is 15.0 Å². The number of hydrogen-bond donors (Lipinski definition) is 0. The number of aryl methyl sites for hydroxylation is 6. The van der Waals surface area contributed by atoms with Gasteiger partial charge < -0.3 is 43.2 Å². The number of furan rings is 3. The summed E-state index contributed by atoms with van der Waals surface area (Å²) < 4.78 is 289. The van der Waals surface area contributed by atoms with Gasteiger partial charge in [0.1, 0.15) is 0 Å². The van der Waals surface area contributed by atoms with E-state index in [9.17, 15) is 0 Å². The Bertz CT molecular complexity index is 8330. The van der Waals surface area contributed by atoms with Gasteiger partial charge in [-0.15, -0.1) is 161 Å². The number of hydrogen-bond acceptors (Lipinski definition) is 12. The number of nitrogens with zero attached hydrogens (tertiary/aromatic N) is 9. The molecule has 6 aromatic carbocycles. The molecule has 0 saturated carbocycles. The molecule has 711 valence electrons. The van der Waals surface area contributed by atoms with Crippen molar-refractivity contribution in [1.82, 2.24) is 44.9 Å². The maximum absolute atomic E-state index is 8.75. The summed E-state index contributed by atoms with van der Waals surface area (Å²) in [6.45, 7) is 15.9. The number of rotatable bonds is 13. The van der Waals surface area contributed by atoms with E-state index in [1.807, 2.05) is 204 Å². The van der Waals surface area contributed by atoms with Gasteiger partial charge in [0.15, 0.2) is 0 Å². The minimum absolute atomic E-state index is 0. The van der Waals surface area contributed by atoms with Gasteiger partial charge in [0, 0.05) is 177 Å². The molecule has 0 spiro atoms. The van der Waals surface area contributed by atoms with Gasteiger partial charge in [0.05, 0.1) is 41.0 Å². The molecule has 0 bridgehead atoms. The molecule has 3 radical (unpaired) electrons. The van der Waals surface area contributed by atoms with Crippen LogP contribution in [0.1, 0.15) is 211 Å². The monoisotopic (exact) mass is 2420 g/mol. The normalized spacial score (nSPS) is 16.8. The van der Waals surface area contributed by atoms with Crippen LogP contribution in [0.15, 0.2) is 238 Å². The Labute approximate surface area is 899 Å². The Balaban J connectivity index is 0.000000207. The second-order valence-corrected chi connectivity index (χ2v) is 53.8. The first-order valence-corrected chi connectivity index (χ1v) is 53.9. The van der Waals surface area contributed by atoms with Crippen molar-refractivity contribution in [2.45, 2.75) is 227 Å². The summed E-state index contributed by atoms with van der Waals surface area (Å²) >= 11 is 0. The predicted octanol–water partition coefficient (Wildman–Crippen LogP) is 29.8. The van der Waals surface area contributed by atoms with Crippen LogP contribution in [0.2, 0.25) is 58.9 Å². The first kappa shape index (κ1) is 68.7. The van der Waals surface area contributed by atoms with Crippen molar-refractivity contribution < 1.29 is 120 Å². The van der Waals surface area contributed by atoms with E-state index in [2.05, 4.69) is 140 Å². The molecule has 0 atom stereocenters. The summed E-state index contributed by atoms with van der Waals surface area (Å²) in [5, 5.41) is 5.61. The quantitative estimate of drug-likeness (QED) is 0.0797. The smallest absolute Gasteiger partial charge is 0.216 e. The topological polar surface area (TPSA) is 155 Å². The van der Waals surface area contributed by atoms with Gasteiger partial charge in [0.2, 0.25) is 17.1 Å². The molecular formula is C118H131Ir3N9O3Si3-6. The standard InChI is InChI=1S/C22H21N2O.C20H17N2O.C19H15N2O.3C19H26NSi.3Ir/c1-13-6-8-16(18-12-15(10-11-23-18)22(3,4)5)20-19(13)17-9-7-14(2)24-21(17)25-20;1-12(2)14-9-10-21-18(11-14)17-6-4-5-15-16-8-7-13(3)22-20(16)23-19(15)17;1-11-8-9-20-16(10-11)14-6-4-12(2)17-15-7-5-13(3)21-19(15)22-18(14)17;3*1-19(2,3)13-16-12-17(15-10-8-7-9-11-15)20-14-18(16)21(4,5)6;;;/h6-7,9-12H,1-5H3;4-5,7-12H,1-3H3;4-5,7-10H,1-3H3;3*7-10,12,14H,13H2,1-6H3;;;/q6*-1;;;/i1D3,2D3,3D3,4D3,5D3;3D3,12D;1D3,2D3,3D3;3*13D2;;;. The molecule has 0 fully saturated rings. The number of fused-ring (bicyclic) bond motifs is 9. The molecule has 0 unspecified atom stereocenters. The van der Waals surface area contributed by atoms with E-state index in [0.29, 0.717) is 22.2 Å².